The highest BCUT2D eigenvalue weighted by atomic mass is 32.2. The Hall–Kier alpha value is -1.54. The highest BCUT2D eigenvalue weighted by Gasteiger charge is 2.13. The Kier molecular flexibility index (Phi) is 4.43. The van der Waals surface area contributed by atoms with Gasteiger partial charge in [-0.2, -0.15) is 0 Å². The summed E-state index contributed by atoms with van der Waals surface area (Å²) in [5.41, 5.74) is 3.95. The van der Waals surface area contributed by atoms with E-state index < -0.39 is 0 Å². The van der Waals surface area contributed by atoms with Crippen molar-refractivity contribution in [2.24, 2.45) is 0 Å². The molecule has 0 spiro atoms. The minimum absolute atomic E-state index is 0.111. The van der Waals surface area contributed by atoms with E-state index in [-0.39, 0.29) is 5.78 Å². The molecule has 0 amide bonds. The molecule has 0 saturated carbocycles. The normalized spacial score (nSPS) is 10.5. The fourth-order valence-electron chi connectivity index (χ4n) is 2.01. The first kappa shape index (κ1) is 13.9. The van der Waals surface area contributed by atoms with E-state index in [0.29, 0.717) is 0 Å². The lowest BCUT2D eigenvalue weighted by Gasteiger charge is -2.09. The number of rotatable bonds is 4. The SMILES string of the molecule is CCc1ccc(SC)c(C(=O)c2ccc(C)cc2)c1. The Morgan fingerprint density at radius 1 is 1.11 bits per heavy atom. The molecule has 98 valence electrons. The summed E-state index contributed by atoms with van der Waals surface area (Å²) in [4.78, 5) is 13.6. The van der Waals surface area contributed by atoms with E-state index in [1.165, 1.54) is 11.1 Å². The van der Waals surface area contributed by atoms with Gasteiger partial charge in [-0.25, -0.2) is 0 Å². The van der Waals surface area contributed by atoms with Gasteiger partial charge in [0.05, 0.1) is 0 Å². The molecule has 0 N–H and O–H groups in total. The van der Waals surface area contributed by atoms with Crippen LogP contribution in [0.5, 0.6) is 0 Å². The predicted molar refractivity (Wildman–Crippen MR) is 82.2 cm³/mol. The smallest absolute Gasteiger partial charge is 0.194 e. The minimum atomic E-state index is 0.111. The van der Waals surface area contributed by atoms with Gasteiger partial charge in [0.15, 0.2) is 5.78 Å². The first-order valence-electron chi connectivity index (χ1n) is 6.44. The van der Waals surface area contributed by atoms with Gasteiger partial charge < -0.3 is 0 Å². The number of ketones is 1. The Labute approximate surface area is 119 Å². The molecule has 0 aliphatic heterocycles. The van der Waals surface area contributed by atoms with E-state index >= 15 is 0 Å². The third kappa shape index (κ3) is 3.07. The largest absolute Gasteiger partial charge is 0.289 e. The zero-order chi connectivity index (χ0) is 13.8. The van der Waals surface area contributed by atoms with Gasteiger partial charge in [0, 0.05) is 16.0 Å². The van der Waals surface area contributed by atoms with Crippen LogP contribution in [0.1, 0.15) is 34.0 Å². The van der Waals surface area contributed by atoms with E-state index in [4.69, 9.17) is 0 Å². The fourth-order valence-corrected chi connectivity index (χ4v) is 2.59. The molecule has 2 heteroatoms. The van der Waals surface area contributed by atoms with Gasteiger partial charge in [0.2, 0.25) is 0 Å². The summed E-state index contributed by atoms with van der Waals surface area (Å²) in [5.74, 6) is 0.111. The van der Waals surface area contributed by atoms with E-state index in [1.54, 1.807) is 11.8 Å². The summed E-state index contributed by atoms with van der Waals surface area (Å²) < 4.78 is 0. The van der Waals surface area contributed by atoms with Crippen molar-refractivity contribution in [3.8, 4) is 0 Å². The third-order valence-electron chi connectivity index (χ3n) is 3.23. The van der Waals surface area contributed by atoms with Gasteiger partial charge in [0.25, 0.3) is 0 Å². The average molecular weight is 270 g/mol. The molecule has 0 bridgehead atoms. The number of benzene rings is 2. The monoisotopic (exact) mass is 270 g/mol. The minimum Gasteiger partial charge on any atom is -0.289 e. The van der Waals surface area contributed by atoms with Gasteiger partial charge in [-0.05, 0) is 37.3 Å². The van der Waals surface area contributed by atoms with Crippen LogP contribution in [-0.4, -0.2) is 12.0 Å². The summed E-state index contributed by atoms with van der Waals surface area (Å²) in [7, 11) is 0. The molecule has 2 aromatic rings. The molecular formula is C17H18OS. The quantitative estimate of drug-likeness (QED) is 0.600. The van der Waals surface area contributed by atoms with Crippen LogP contribution in [-0.2, 0) is 6.42 Å². The molecule has 0 aliphatic carbocycles. The van der Waals surface area contributed by atoms with Crippen molar-refractivity contribution in [2.45, 2.75) is 25.2 Å². The van der Waals surface area contributed by atoms with Gasteiger partial charge >= 0.3 is 0 Å². The lowest BCUT2D eigenvalue weighted by atomic mass is 10.00. The highest BCUT2D eigenvalue weighted by Crippen LogP contribution is 2.24. The van der Waals surface area contributed by atoms with Crippen LogP contribution in [0.4, 0.5) is 0 Å². The second-order valence-corrected chi connectivity index (χ2v) is 5.43. The zero-order valence-electron chi connectivity index (χ0n) is 11.6. The van der Waals surface area contributed by atoms with Crippen molar-refractivity contribution in [3.63, 3.8) is 0 Å². The lowest BCUT2D eigenvalue weighted by Crippen LogP contribution is -2.04. The molecule has 0 saturated heterocycles. The Bertz CT molecular complexity index is 585. The Morgan fingerprint density at radius 3 is 2.37 bits per heavy atom. The van der Waals surface area contributed by atoms with Crippen molar-refractivity contribution in [3.05, 3.63) is 64.7 Å². The van der Waals surface area contributed by atoms with Crippen LogP contribution in [0.2, 0.25) is 0 Å². The maximum absolute atomic E-state index is 12.6. The van der Waals surface area contributed by atoms with E-state index in [2.05, 4.69) is 13.0 Å². The first-order valence-corrected chi connectivity index (χ1v) is 7.66. The lowest BCUT2D eigenvalue weighted by molar-refractivity contribution is 0.103. The summed E-state index contributed by atoms with van der Waals surface area (Å²) in [6, 6.07) is 13.9. The zero-order valence-corrected chi connectivity index (χ0v) is 12.4. The summed E-state index contributed by atoms with van der Waals surface area (Å²) in [6.45, 7) is 4.13. The number of hydrogen-bond acceptors (Lipinski definition) is 2. The molecule has 0 atom stereocenters. The Balaban J connectivity index is 2.44. The molecule has 0 unspecified atom stereocenters. The molecule has 0 radical (unpaired) electrons. The highest BCUT2D eigenvalue weighted by molar-refractivity contribution is 7.98. The second-order valence-electron chi connectivity index (χ2n) is 4.58. The molecule has 2 rings (SSSR count). The molecule has 2 aromatic carbocycles. The molecular weight excluding hydrogens is 252 g/mol. The number of carbonyl (C=O) groups excluding carboxylic acids is 1. The number of aryl methyl sites for hydroxylation is 2. The van der Waals surface area contributed by atoms with Crippen molar-refractivity contribution in [1.29, 1.82) is 0 Å². The van der Waals surface area contributed by atoms with Crippen LogP contribution in [0.25, 0.3) is 0 Å². The maximum atomic E-state index is 12.6. The average Bonchev–Trinajstić information content (AvgIpc) is 2.46. The summed E-state index contributed by atoms with van der Waals surface area (Å²) >= 11 is 1.62. The van der Waals surface area contributed by atoms with Gasteiger partial charge in [-0.15, -0.1) is 11.8 Å². The van der Waals surface area contributed by atoms with Crippen molar-refractivity contribution in [2.75, 3.05) is 6.26 Å². The molecule has 0 heterocycles. The third-order valence-corrected chi connectivity index (χ3v) is 4.03. The predicted octanol–water partition coefficient (Wildman–Crippen LogP) is 4.51. The number of hydrogen-bond donors (Lipinski definition) is 0. The first-order chi connectivity index (χ1) is 9.15. The molecule has 0 aliphatic rings. The molecule has 19 heavy (non-hydrogen) atoms. The maximum Gasteiger partial charge on any atom is 0.194 e. The fraction of sp³-hybridized carbons (Fsp3) is 0.235. The summed E-state index contributed by atoms with van der Waals surface area (Å²) in [6.07, 6.45) is 2.95. The van der Waals surface area contributed by atoms with Crippen molar-refractivity contribution < 1.29 is 4.79 Å². The number of thioether (sulfide) groups is 1. The standard InChI is InChI=1S/C17H18OS/c1-4-13-7-10-16(19-3)15(11-13)17(18)14-8-5-12(2)6-9-14/h5-11H,4H2,1-3H3. The van der Waals surface area contributed by atoms with Gasteiger partial charge in [-0.1, -0.05) is 42.8 Å². The van der Waals surface area contributed by atoms with Gasteiger partial charge in [-0.3, -0.25) is 4.79 Å². The van der Waals surface area contributed by atoms with Crippen LogP contribution < -0.4 is 0 Å². The van der Waals surface area contributed by atoms with E-state index in [1.807, 2.05) is 49.6 Å². The van der Waals surface area contributed by atoms with Crippen LogP contribution >= 0.6 is 11.8 Å². The van der Waals surface area contributed by atoms with Crippen LogP contribution in [0, 0.1) is 6.92 Å². The molecule has 1 nitrogen and oxygen atoms in total. The second kappa shape index (κ2) is 6.07. The van der Waals surface area contributed by atoms with E-state index in [0.717, 1.165) is 22.4 Å². The molecule has 0 fully saturated rings. The summed E-state index contributed by atoms with van der Waals surface area (Å²) in [5, 5.41) is 0. The number of carbonyl (C=O) groups is 1. The van der Waals surface area contributed by atoms with Crippen LogP contribution in [0.15, 0.2) is 47.4 Å². The Morgan fingerprint density at radius 2 is 1.79 bits per heavy atom. The van der Waals surface area contributed by atoms with E-state index in [9.17, 15) is 4.79 Å². The van der Waals surface area contributed by atoms with Gasteiger partial charge in [0.1, 0.15) is 0 Å². The van der Waals surface area contributed by atoms with Crippen molar-refractivity contribution in [1.82, 2.24) is 0 Å². The topological polar surface area (TPSA) is 17.1 Å². The van der Waals surface area contributed by atoms with Crippen LogP contribution in [0.3, 0.4) is 0 Å². The molecule has 0 aromatic heterocycles. The van der Waals surface area contributed by atoms with Crippen molar-refractivity contribution >= 4 is 17.5 Å².